The zero-order chi connectivity index (χ0) is 11.7. The number of nitrogens with zero attached hydrogens (tertiary/aromatic N) is 1. The van der Waals surface area contributed by atoms with Gasteiger partial charge in [-0.15, -0.1) is 0 Å². The maximum absolute atomic E-state index is 11.2. The van der Waals surface area contributed by atoms with Crippen LogP contribution < -0.4 is 10.5 Å². The first-order chi connectivity index (χ1) is 7.59. The van der Waals surface area contributed by atoms with Crippen molar-refractivity contribution in [3.63, 3.8) is 0 Å². The standard InChI is InChI=1S/C10H10N2O4/c11-10(13)9-7(12(14)15)2-1-3-8(9)16-6-4-5-6/h1-3,6H,4-5H2,(H2,11,13). The normalized spacial score (nSPS) is 14.5. The first-order valence-corrected chi connectivity index (χ1v) is 4.83. The van der Waals surface area contributed by atoms with Crippen molar-refractivity contribution >= 4 is 11.6 Å². The summed E-state index contributed by atoms with van der Waals surface area (Å²) in [5, 5.41) is 10.7. The maximum atomic E-state index is 11.2. The Hall–Kier alpha value is -2.11. The number of amides is 1. The summed E-state index contributed by atoms with van der Waals surface area (Å²) in [5.74, 6) is -0.646. The molecule has 16 heavy (non-hydrogen) atoms. The molecular weight excluding hydrogens is 212 g/mol. The van der Waals surface area contributed by atoms with E-state index in [9.17, 15) is 14.9 Å². The fourth-order valence-electron chi connectivity index (χ4n) is 1.38. The molecular formula is C10H10N2O4. The topological polar surface area (TPSA) is 95.5 Å². The molecule has 0 saturated heterocycles. The molecule has 0 bridgehead atoms. The van der Waals surface area contributed by atoms with Crippen LogP contribution in [0.1, 0.15) is 23.2 Å². The zero-order valence-electron chi connectivity index (χ0n) is 8.38. The molecule has 0 unspecified atom stereocenters. The van der Waals surface area contributed by atoms with Crippen molar-refractivity contribution in [2.45, 2.75) is 18.9 Å². The highest BCUT2D eigenvalue weighted by molar-refractivity contribution is 5.99. The first-order valence-electron chi connectivity index (χ1n) is 4.83. The van der Waals surface area contributed by atoms with E-state index in [1.54, 1.807) is 0 Å². The number of carbonyl (C=O) groups excluding carboxylic acids is 1. The second-order valence-electron chi connectivity index (χ2n) is 3.59. The van der Waals surface area contributed by atoms with Gasteiger partial charge in [-0.2, -0.15) is 0 Å². The van der Waals surface area contributed by atoms with Crippen LogP contribution in [0.5, 0.6) is 5.75 Å². The smallest absolute Gasteiger partial charge is 0.285 e. The fraction of sp³-hybridized carbons (Fsp3) is 0.300. The van der Waals surface area contributed by atoms with Crippen LogP contribution in [0.15, 0.2) is 18.2 Å². The molecule has 0 atom stereocenters. The summed E-state index contributed by atoms with van der Waals surface area (Å²) in [7, 11) is 0. The third-order valence-electron chi connectivity index (χ3n) is 2.27. The van der Waals surface area contributed by atoms with Crippen LogP contribution in [-0.2, 0) is 0 Å². The Morgan fingerprint density at radius 3 is 2.69 bits per heavy atom. The van der Waals surface area contributed by atoms with E-state index in [1.807, 2.05) is 0 Å². The van der Waals surface area contributed by atoms with Gasteiger partial charge in [-0.25, -0.2) is 0 Å². The summed E-state index contributed by atoms with van der Waals surface area (Å²) in [6, 6.07) is 4.23. The average Bonchev–Trinajstić information content (AvgIpc) is 3.00. The van der Waals surface area contributed by atoms with Crippen LogP contribution in [0.25, 0.3) is 0 Å². The van der Waals surface area contributed by atoms with Crippen molar-refractivity contribution < 1.29 is 14.5 Å². The second-order valence-corrected chi connectivity index (χ2v) is 3.59. The van der Waals surface area contributed by atoms with Gasteiger partial charge in [-0.1, -0.05) is 6.07 Å². The van der Waals surface area contributed by atoms with Crippen molar-refractivity contribution in [1.82, 2.24) is 0 Å². The summed E-state index contributed by atoms with van der Waals surface area (Å²) in [6.45, 7) is 0. The number of nitro groups is 1. The minimum Gasteiger partial charge on any atom is -0.489 e. The highest BCUT2D eigenvalue weighted by atomic mass is 16.6. The number of hydrogen-bond donors (Lipinski definition) is 1. The molecule has 1 amide bonds. The van der Waals surface area contributed by atoms with E-state index in [-0.39, 0.29) is 23.1 Å². The summed E-state index contributed by atoms with van der Waals surface area (Å²) < 4.78 is 5.40. The average molecular weight is 222 g/mol. The third-order valence-corrected chi connectivity index (χ3v) is 2.27. The second kappa shape index (κ2) is 3.80. The molecule has 0 heterocycles. The van der Waals surface area contributed by atoms with E-state index in [4.69, 9.17) is 10.5 Å². The Morgan fingerprint density at radius 1 is 1.50 bits per heavy atom. The van der Waals surface area contributed by atoms with Crippen LogP contribution in [-0.4, -0.2) is 16.9 Å². The number of ether oxygens (including phenoxy) is 1. The van der Waals surface area contributed by atoms with Gasteiger partial charge < -0.3 is 10.5 Å². The van der Waals surface area contributed by atoms with Gasteiger partial charge in [0.15, 0.2) is 5.56 Å². The molecule has 0 aliphatic heterocycles. The molecule has 1 saturated carbocycles. The number of benzene rings is 1. The molecule has 0 spiro atoms. The predicted octanol–water partition coefficient (Wildman–Crippen LogP) is 1.23. The zero-order valence-corrected chi connectivity index (χ0v) is 8.38. The summed E-state index contributed by atoms with van der Waals surface area (Å²) in [5.41, 5.74) is 4.66. The van der Waals surface area contributed by atoms with Gasteiger partial charge in [0.1, 0.15) is 5.75 Å². The minimum atomic E-state index is -0.844. The van der Waals surface area contributed by atoms with Gasteiger partial charge in [0.2, 0.25) is 0 Å². The van der Waals surface area contributed by atoms with Gasteiger partial charge in [-0.3, -0.25) is 14.9 Å². The number of primary amides is 1. The predicted molar refractivity (Wildman–Crippen MR) is 55.3 cm³/mol. The van der Waals surface area contributed by atoms with E-state index in [0.29, 0.717) is 0 Å². The Labute approximate surface area is 91.2 Å². The van der Waals surface area contributed by atoms with Gasteiger partial charge >= 0.3 is 0 Å². The quantitative estimate of drug-likeness (QED) is 0.612. The van der Waals surface area contributed by atoms with Crippen molar-refractivity contribution in [2.75, 3.05) is 0 Å². The van der Waals surface area contributed by atoms with E-state index in [0.717, 1.165) is 12.8 Å². The molecule has 2 N–H and O–H groups in total. The lowest BCUT2D eigenvalue weighted by Crippen LogP contribution is -2.15. The molecule has 1 aliphatic carbocycles. The SMILES string of the molecule is NC(=O)c1c(OC2CC2)cccc1[N+](=O)[O-]. The van der Waals surface area contributed by atoms with Crippen LogP contribution in [0.3, 0.4) is 0 Å². The number of nitro benzene ring substituents is 1. The van der Waals surface area contributed by atoms with Gasteiger partial charge in [0, 0.05) is 6.07 Å². The largest absolute Gasteiger partial charge is 0.489 e. The molecule has 0 aromatic heterocycles. The summed E-state index contributed by atoms with van der Waals surface area (Å²) >= 11 is 0. The van der Waals surface area contributed by atoms with Crippen LogP contribution in [0.2, 0.25) is 0 Å². The van der Waals surface area contributed by atoms with Crippen molar-refractivity contribution in [1.29, 1.82) is 0 Å². The lowest BCUT2D eigenvalue weighted by atomic mass is 10.1. The summed E-state index contributed by atoms with van der Waals surface area (Å²) in [4.78, 5) is 21.3. The molecule has 1 aliphatic rings. The molecule has 84 valence electrons. The lowest BCUT2D eigenvalue weighted by Gasteiger charge is -2.08. The number of hydrogen-bond acceptors (Lipinski definition) is 4. The van der Waals surface area contributed by atoms with E-state index < -0.39 is 10.8 Å². The molecule has 1 fully saturated rings. The number of carbonyl (C=O) groups is 1. The molecule has 1 aromatic carbocycles. The van der Waals surface area contributed by atoms with Crippen LogP contribution in [0, 0.1) is 10.1 Å². The lowest BCUT2D eigenvalue weighted by molar-refractivity contribution is -0.385. The monoisotopic (exact) mass is 222 g/mol. The summed E-state index contributed by atoms with van der Waals surface area (Å²) in [6.07, 6.45) is 1.86. The molecule has 0 radical (unpaired) electrons. The van der Waals surface area contributed by atoms with Crippen LogP contribution >= 0.6 is 0 Å². The molecule has 2 rings (SSSR count). The first kappa shape index (κ1) is 10.4. The molecule has 6 heteroatoms. The van der Waals surface area contributed by atoms with E-state index in [1.165, 1.54) is 18.2 Å². The maximum Gasteiger partial charge on any atom is 0.285 e. The Balaban J connectivity index is 2.45. The number of nitrogens with two attached hydrogens (primary N) is 1. The Morgan fingerprint density at radius 2 is 2.19 bits per heavy atom. The highest BCUT2D eigenvalue weighted by Gasteiger charge is 2.29. The minimum absolute atomic E-state index is 0.0557. The van der Waals surface area contributed by atoms with E-state index in [2.05, 4.69) is 0 Å². The van der Waals surface area contributed by atoms with Crippen LogP contribution in [0.4, 0.5) is 5.69 Å². The van der Waals surface area contributed by atoms with Gasteiger partial charge in [-0.05, 0) is 18.9 Å². The van der Waals surface area contributed by atoms with Gasteiger partial charge in [0.25, 0.3) is 11.6 Å². The van der Waals surface area contributed by atoms with Crippen molar-refractivity contribution in [3.05, 3.63) is 33.9 Å². The molecule has 1 aromatic rings. The third kappa shape index (κ3) is 1.95. The Bertz CT molecular complexity index is 454. The van der Waals surface area contributed by atoms with Gasteiger partial charge in [0.05, 0.1) is 11.0 Å². The highest BCUT2D eigenvalue weighted by Crippen LogP contribution is 2.33. The Kier molecular flexibility index (Phi) is 2.47. The van der Waals surface area contributed by atoms with Crippen molar-refractivity contribution in [3.8, 4) is 5.75 Å². The van der Waals surface area contributed by atoms with E-state index >= 15 is 0 Å². The number of rotatable bonds is 4. The van der Waals surface area contributed by atoms with Crippen molar-refractivity contribution in [2.24, 2.45) is 5.73 Å². The molecule has 6 nitrogen and oxygen atoms in total. The fourth-order valence-corrected chi connectivity index (χ4v) is 1.38.